The minimum Gasteiger partial charge on any atom is -0.497 e. The standard InChI is InChI=1S/C16H21N3OS/c1-4-5-10-17-16-18-14(11-15(19-16)21-3)12-6-8-13(20-2)9-7-12/h6-9,11H,4-5,10H2,1-3H3,(H,17,18,19). The van der Waals surface area contributed by atoms with Crippen LogP contribution in [-0.4, -0.2) is 29.9 Å². The fourth-order valence-corrected chi connectivity index (χ4v) is 2.30. The van der Waals surface area contributed by atoms with Crippen LogP contribution in [0.15, 0.2) is 35.4 Å². The average molecular weight is 303 g/mol. The van der Waals surface area contributed by atoms with Gasteiger partial charge in [-0.1, -0.05) is 13.3 Å². The Morgan fingerprint density at radius 2 is 1.95 bits per heavy atom. The van der Waals surface area contributed by atoms with E-state index in [1.165, 1.54) is 0 Å². The van der Waals surface area contributed by atoms with Gasteiger partial charge in [0.1, 0.15) is 10.8 Å². The minimum atomic E-state index is 0.695. The molecule has 0 aliphatic carbocycles. The first-order valence-electron chi connectivity index (χ1n) is 7.08. The molecular formula is C16H21N3OS. The van der Waals surface area contributed by atoms with Gasteiger partial charge in [-0.2, -0.15) is 0 Å². The number of rotatable bonds is 7. The van der Waals surface area contributed by atoms with Crippen molar-refractivity contribution in [3.8, 4) is 17.0 Å². The van der Waals surface area contributed by atoms with Gasteiger partial charge in [0, 0.05) is 12.1 Å². The second-order valence-electron chi connectivity index (χ2n) is 4.63. The van der Waals surface area contributed by atoms with E-state index < -0.39 is 0 Å². The van der Waals surface area contributed by atoms with Gasteiger partial charge < -0.3 is 10.1 Å². The summed E-state index contributed by atoms with van der Waals surface area (Å²) >= 11 is 1.62. The molecule has 0 aliphatic rings. The van der Waals surface area contributed by atoms with Gasteiger partial charge in [-0.15, -0.1) is 11.8 Å². The molecule has 0 atom stereocenters. The molecule has 5 heteroatoms. The van der Waals surface area contributed by atoms with Crippen molar-refractivity contribution in [3.05, 3.63) is 30.3 Å². The first-order chi connectivity index (χ1) is 10.3. The van der Waals surface area contributed by atoms with E-state index in [0.29, 0.717) is 5.95 Å². The SMILES string of the molecule is CCCCNc1nc(SC)cc(-c2ccc(OC)cc2)n1. The van der Waals surface area contributed by atoms with Gasteiger partial charge in [0.2, 0.25) is 5.95 Å². The number of hydrogen-bond acceptors (Lipinski definition) is 5. The lowest BCUT2D eigenvalue weighted by Gasteiger charge is -2.09. The van der Waals surface area contributed by atoms with Crippen molar-refractivity contribution < 1.29 is 4.74 Å². The zero-order valence-electron chi connectivity index (χ0n) is 12.7. The van der Waals surface area contributed by atoms with Crippen LogP contribution in [-0.2, 0) is 0 Å². The number of hydrogen-bond donors (Lipinski definition) is 1. The van der Waals surface area contributed by atoms with Crippen molar-refractivity contribution in [2.75, 3.05) is 25.2 Å². The number of benzene rings is 1. The molecule has 4 nitrogen and oxygen atoms in total. The molecule has 2 aromatic rings. The molecule has 0 bridgehead atoms. The van der Waals surface area contributed by atoms with E-state index in [9.17, 15) is 0 Å². The number of methoxy groups -OCH3 is 1. The summed E-state index contributed by atoms with van der Waals surface area (Å²) in [4.78, 5) is 9.10. The Hall–Kier alpha value is -1.75. The fourth-order valence-electron chi connectivity index (χ4n) is 1.90. The second-order valence-corrected chi connectivity index (χ2v) is 5.45. The van der Waals surface area contributed by atoms with Crippen molar-refractivity contribution in [3.63, 3.8) is 0 Å². The van der Waals surface area contributed by atoms with Crippen LogP contribution in [0.5, 0.6) is 5.75 Å². The highest BCUT2D eigenvalue weighted by Gasteiger charge is 2.06. The molecule has 1 aromatic heterocycles. The Bertz CT molecular complexity index is 572. The zero-order valence-corrected chi connectivity index (χ0v) is 13.5. The molecule has 0 saturated heterocycles. The van der Waals surface area contributed by atoms with E-state index in [0.717, 1.165) is 41.4 Å². The van der Waals surface area contributed by atoms with Crippen LogP contribution in [0.3, 0.4) is 0 Å². The third-order valence-electron chi connectivity index (χ3n) is 3.11. The molecule has 0 spiro atoms. The summed E-state index contributed by atoms with van der Waals surface area (Å²) < 4.78 is 5.19. The molecule has 0 amide bonds. The third-order valence-corrected chi connectivity index (χ3v) is 3.74. The summed E-state index contributed by atoms with van der Waals surface area (Å²) in [7, 11) is 1.67. The van der Waals surface area contributed by atoms with Crippen LogP contribution < -0.4 is 10.1 Å². The average Bonchev–Trinajstić information content (AvgIpc) is 2.55. The number of unbranched alkanes of at least 4 members (excludes halogenated alkanes) is 1. The van der Waals surface area contributed by atoms with Crippen molar-refractivity contribution >= 4 is 17.7 Å². The lowest BCUT2D eigenvalue weighted by Crippen LogP contribution is -2.06. The largest absolute Gasteiger partial charge is 0.497 e. The maximum Gasteiger partial charge on any atom is 0.224 e. The quantitative estimate of drug-likeness (QED) is 0.474. The highest BCUT2D eigenvalue weighted by atomic mass is 32.2. The molecule has 1 N–H and O–H groups in total. The number of nitrogens with one attached hydrogen (secondary N) is 1. The van der Waals surface area contributed by atoms with Gasteiger partial charge in [0.25, 0.3) is 0 Å². The summed E-state index contributed by atoms with van der Waals surface area (Å²) in [5.41, 5.74) is 1.99. The molecule has 2 rings (SSSR count). The zero-order chi connectivity index (χ0) is 15.1. The Balaban J connectivity index is 2.26. The molecule has 0 saturated carbocycles. The third kappa shape index (κ3) is 4.36. The molecule has 0 unspecified atom stereocenters. The molecule has 1 heterocycles. The first kappa shape index (κ1) is 15.6. The van der Waals surface area contributed by atoms with Crippen LogP contribution in [0.1, 0.15) is 19.8 Å². The highest BCUT2D eigenvalue weighted by molar-refractivity contribution is 7.98. The smallest absolute Gasteiger partial charge is 0.224 e. The summed E-state index contributed by atoms with van der Waals surface area (Å²) in [5.74, 6) is 1.54. The molecule has 0 aliphatic heterocycles. The van der Waals surface area contributed by atoms with E-state index in [2.05, 4.69) is 22.2 Å². The predicted molar refractivity (Wildman–Crippen MR) is 89.2 cm³/mol. The molecule has 0 radical (unpaired) electrons. The number of ether oxygens (including phenoxy) is 1. The lowest BCUT2D eigenvalue weighted by atomic mass is 10.1. The van der Waals surface area contributed by atoms with E-state index in [4.69, 9.17) is 4.74 Å². The summed E-state index contributed by atoms with van der Waals surface area (Å²) in [5, 5.41) is 4.26. The molecule has 0 fully saturated rings. The Kier molecular flexibility index (Phi) is 5.87. The van der Waals surface area contributed by atoms with E-state index in [1.54, 1.807) is 18.9 Å². The van der Waals surface area contributed by atoms with Gasteiger partial charge in [-0.05, 0) is 43.0 Å². The maximum atomic E-state index is 5.19. The van der Waals surface area contributed by atoms with Crippen LogP contribution in [0.25, 0.3) is 11.3 Å². The number of nitrogens with zero attached hydrogens (tertiary/aromatic N) is 2. The van der Waals surface area contributed by atoms with Crippen LogP contribution in [0.4, 0.5) is 5.95 Å². The summed E-state index contributed by atoms with van der Waals surface area (Å²) in [6.45, 7) is 3.07. The summed E-state index contributed by atoms with van der Waals surface area (Å²) in [6, 6.07) is 9.93. The monoisotopic (exact) mass is 303 g/mol. The molecular weight excluding hydrogens is 282 g/mol. The predicted octanol–water partition coefficient (Wildman–Crippen LogP) is 4.09. The summed E-state index contributed by atoms with van der Waals surface area (Å²) in [6.07, 6.45) is 4.29. The van der Waals surface area contributed by atoms with E-state index >= 15 is 0 Å². The van der Waals surface area contributed by atoms with E-state index in [-0.39, 0.29) is 0 Å². The Morgan fingerprint density at radius 1 is 1.19 bits per heavy atom. The molecule has 1 aromatic carbocycles. The number of anilines is 1. The van der Waals surface area contributed by atoms with Crippen molar-refractivity contribution in [1.29, 1.82) is 0 Å². The topological polar surface area (TPSA) is 47.0 Å². The fraction of sp³-hybridized carbons (Fsp3) is 0.375. The number of aromatic nitrogens is 2. The highest BCUT2D eigenvalue weighted by Crippen LogP contribution is 2.25. The van der Waals surface area contributed by atoms with Crippen LogP contribution in [0.2, 0.25) is 0 Å². The number of thioether (sulfide) groups is 1. The Labute approximate surface area is 130 Å². The van der Waals surface area contributed by atoms with Crippen LogP contribution >= 0.6 is 11.8 Å². The van der Waals surface area contributed by atoms with Crippen molar-refractivity contribution in [1.82, 2.24) is 9.97 Å². The van der Waals surface area contributed by atoms with Gasteiger partial charge in [-0.3, -0.25) is 0 Å². The Morgan fingerprint density at radius 3 is 2.57 bits per heavy atom. The van der Waals surface area contributed by atoms with Gasteiger partial charge >= 0.3 is 0 Å². The minimum absolute atomic E-state index is 0.695. The van der Waals surface area contributed by atoms with E-state index in [1.807, 2.05) is 36.6 Å². The second kappa shape index (κ2) is 7.88. The van der Waals surface area contributed by atoms with Gasteiger partial charge in [-0.25, -0.2) is 9.97 Å². The lowest BCUT2D eigenvalue weighted by molar-refractivity contribution is 0.415. The van der Waals surface area contributed by atoms with Crippen LogP contribution in [0, 0.1) is 0 Å². The molecule has 112 valence electrons. The van der Waals surface area contributed by atoms with Crippen molar-refractivity contribution in [2.24, 2.45) is 0 Å². The van der Waals surface area contributed by atoms with Crippen molar-refractivity contribution in [2.45, 2.75) is 24.8 Å². The maximum absolute atomic E-state index is 5.19. The van der Waals surface area contributed by atoms with Gasteiger partial charge in [0.05, 0.1) is 12.8 Å². The first-order valence-corrected chi connectivity index (χ1v) is 8.30. The normalized spacial score (nSPS) is 10.4. The van der Waals surface area contributed by atoms with Gasteiger partial charge in [0.15, 0.2) is 0 Å². The molecule has 21 heavy (non-hydrogen) atoms.